The van der Waals surface area contributed by atoms with E-state index in [0.29, 0.717) is 34.0 Å². The lowest BCUT2D eigenvalue weighted by molar-refractivity contribution is 0.262. The predicted octanol–water partition coefficient (Wildman–Crippen LogP) is 4.26. The zero-order chi connectivity index (χ0) is 21.4. The number of carbonyl (C=O) groups excluding carboxylic acids is 1. The quantitative estimate of drug-likeness (QED) is 0.465. The van der Waals surface area contributed by atoms with Gasteiger partial charge in [-0.05, 0) is 63.1 Å². The normalized spacial score (nSPS) is 10.9. The van der Waals surface area contributed by atoms with Crippen LogP contribution in [0.1, 0.15) is 22.6 Å². The largest absolute Gasteiger partial charge is 0.507 e. The van der Waals surface area contributed by atoms with E-state index in [9.17, 15) is 9.90 Å². The molecule has 1 aromatic carbocycles. The second kappa shape index (κ2) is 7.43. The molecule has 0 atom stereocenters. The number of hydrogen-bond acceptors (Lipinski definition) is 7. The first-order valence-electron chi connectivity index (χ1n) is 9.27. The van der Waals surface area contributed by atoms with E-state index >= 15 is 0 Å². The fourth-order valence-corrected chi connectivity index (χ4v) is 3.15. The third kappa shape index (κ3) is 3.64. The maximum atomic E-state index is 12.3. The Balaban J connectivity index is 1.61. The number of fused-ring (bicyclic) bond motifs is 1. The van der Waals surface area contributed by atoms with Crippen LogP contribution in [0.5, 0.6) is 5.75 Å². The van der Waals surface area contributed by atoms with Gasteiger partial charge in [0.05, 0.1) is 11.9 Å². The molecule has 4 rings (SSSR count). The summed E-state index contributed by atoms with van der Waals surface area (Å²) >= 11 is 0. The molecule has 9 nitrogen and oxygen atoms in total. The Hall–Kier alpha value is -4.01. The van der Waals surface area contributed by atoms with Gasteiger partial charge in [0, 0.05) is 5.56 Å². The molecule has 0 aliphatic carbocycles. The average Bonchev–Trinajstić information content (AvgIpc) is 3.03. The number of rotatable bonds is 3. The topological polar surface area (TPSA) is 126 Å². The Morgan fingerprint density at radius 3 is 2.43 bits per heavy atom. The number of hydrogen-bond donors (Lipinski definition) is 3. The number of benzene rings is 1. The third-order valence-corrected chi connectivity index (χ3v) is 4.71. The number of carbonyl (C=O) groups is 1. The van der Waals surface area contributed by atoms with Crippen molar-refractivity contribution in [2.24, 2.45) is 0 Å². The highest BCUT2D eigenvalue weighted by molar-refractivity contribution is 6.00. The molecular formula is C21H20N6O3. The molecular weight excluding hydrogens is 384 g/mol. The minimum atomic E-state index is -0.487. The fourth-order valence-electron chi connectivity index (χ4n) is 3.15. The highest BCUT2D eigenvalue weighted by Crippen LogP contribution is 2.29. The number of aryl methyl sites for hydroxylation is 4. The number of aromatic nitrogens is 4. The zero-order valence-corrected chi connectivity index (χ0v) is 16.9. The number of phenols is 1. The van der Waals surface area contributed by atoms with E-state index in [0.717, 1.165) is 16.7 Å². The monoisotopic (exact) mass is 404 g/mol. The molecule has 3 N–H and O–H groups in total. The van der Waals surface area contributed by atoms with E-state index < -0.39 is 6.03 Å². The summed E-state index contributed by atoms with van der Waals surface area (Å²) in [4.78, 5) is 25.6. The van der Waals surface area contributed by atoms with E-state index in [1.165, 1.54) is 6.20 Å². The molecule has 0 aliphatic rings. The van der Waals surface area contributed by atoms with Gasteiger partial charge in [-0.25, -0.2) is 19.7 Å². The number of phenolic OH excluding ortho intramolecular Hbond substituents is 1. The highest BCUT2D eigenvalue weighted by atomic mass is 16.5. The summed E-state index contributed by atoms with van der Waals surface area (Å²) in [5.74, 6) is 1.04. The van der Waals surface area contributed by atoms with Gasteiger partial charge in [0.25, 0.3) is 0 Å². The van der Waals surface area contributed by atoms with Gasteiger partial charge >= 0.3 is 6.03 Å². The third-order valence-electron chi connectivity index (χ3n) is 4.71. The van der Waals surface area contributed by atoms with Crippen molar-refractivity contribution < 1.29 is 14.4 Å². The number of pyridine rings is 1. The number of aromatic hydroxyl groups is 1. The van der Waals surface area contributed by atoms with Gasteiger partial charge in [-0.15, -0.1) is 0 Å². The van der Waals surface area contributed by atoms with Crippen molar-refractivity contribution in [2.45, 2.75) is 27.7 Å². The molecule has 0 aliphatic heterocycles. The maximum absolute atomic E-state index is 12.3. The van der Waals surface area contributed by atoms with Gasteiger partial charge < -0.3 is 14.9 Å². The summed E-state index contributed by atoms with van der Waals surface area (Å²) in [5, 5.41) is 19.1. The van der Waals surface area contributed by atoms with E-state index in [1.54, 1.807) is 13.8 Å². The van der Waals surface area contributed by atoms with Crippen molar-refractivity contribution >= 4 is 28.7 Å². The fraction of sp³-hybridized carbons (Fsp3) is 0.190. The minimum Gasteiger partial charge on any atom is -0.507 e. The number of nitrogens with one attached hydrogen (secondary N) is 2. The first kappa shape index (κ1) is 19.3. The lowest BCUT2D eigenvalue weighted by Crippen LogP contribution is -2.21. The SMILES string of the molecule is Cc1cc(-c2ccc3ncc(NC(=O)Nc4c(C)noc4C)nc3n2)cc(C)c1O. The zero-order valence-electron chi connectivity index (χ0n) is 16.9. The highest BCUT2D eigenvalue weighted by Gasteiger charge is 2.14. The number of nitrogens with zero attached hydrogens (tertiary/aromatic N) is 4. The van der Waals surface area contributed by atoms with Crippen molar-refractivity contribution in [2.75, 3.05) is 10.6 Å². The maximum Gasteiger partial charge on any atom is 0.325 e. The predicted molar refractivity (Wildman–Crippen MR) is 113 cm³/mol. The number of amides is 2. The van der Waals surface area contributed by atoms with Crippen LogP contribution in [0.4, 0.5) is 16.3 Å². The van der Waals surface area contributed by atoms with Gasteiger partial charge in [0.1, 0.15) is 22.6 Å². The van der Waals surface area contributed by atoms with Crippen LogP contribution in [0.25, 0.3) is 22.4 Å². The van der Waals surface area contributed by atoms with Crippen molar-refractivity contribution in [1.29, 1.82) is 0 Å². The molecule has 4 aromatic rings. The van der Waals surface area contributed by atoms with Crippen molar-refractivity contribution in [3.05, 3.63) is 53.0 Å². The molecule has 0 fully saturated rings. The first-order chi connectivity index (χ1) is 14.3. The van der Waals surface area contributed by atoms with Crippen LogP contribution >= 0.6 is 0 Å². The Morgan fingerprint density at radius 1 is 1.03 bits per heavy atom. The van der Waals surface area contributed by atoms with E-state index in [-0.39, 0.29) is 11.6 Å². The summed E-state index contributed by atoms with van der Waals surface area (Å²) in [5.41, 5.74) is 5.18. The van der Waals surface area contributed by atoms with Crippen molar-refractivity contribution in [3.63, 3.8) is 0 Å². The molecule has 3 heterocycles. The molecule has 0 saturated heterocycles. The van der Waals surface area contributed by atoms with Gasteiger partial charge in [-0.3, -0.25) is 5.32 Å². The average molecular weight is 404 g/mol. The molecule has 30 heavy (non-hydrogen) atoms. The van der Waals surface area contributed by atoms with Crippen LogP contribution in [0.3, 0.4) is 0 Å². The Bertz CT molecular complexity index is 1240. The van der Waals surface area contributed by atoms with Crippen molar-refractivity contribution in [1.82, 2.24) is 20.1 Å². The van der Waals surface area contributed by atoms with E-state index in [4.69, 9.17) is 4.52 Å². The lowest BCUT2D eigenvalue weighted by atomic mass is 10.0. The Morgan fingerprint density at radius 2 is 1.77 bits per heavy atom. The number of anilines is 2. The lowest BCUT2D eigenvalue weighted by Gasteiger charge is -2.09. The summed E-state index contributed by atoms with van der Waals surface area (Å²) in [7, 11) is 0. The van der Waals surface area contributed by atoms with Gasteiger partial charge in [0.15, 0.2) is 17.2 Å². The molecule has 2 amide bonds. The van der Waals surface area contributed by atoms with Gasteiger partial charge in [0.2, 0.25) is 0 Å². The van der Waals surface area contributed by atoms with Gasteiger partial charge in [-0.2, -0.15) is 0 Å². The summed E-state index contributed by atoms with van der Waals surface area (Å²) in [6.45, 7) is 7.13. The standard InChI is InChI=1S/C21H20N6O3/c1-10-7-14(8-11(2)19(10)28)15-5-6-16-20(23-15)24-17(9-22-16)25-21(29)26-18-12(3)27-30-13(18)4/h5-9,28H,1-4H3,(H2,23,24,25,26,29). The van der Waals surface area contributed by atoms with Crippen LogP contribution in [0.2, 0.25) is 0 Å². The summed E-state index contributed by atoms with van der Waals surface area (Å²) in [6, 6.07) is 6.90. The molecule has 0 bridgehead atoms. The second-order valence-corrected chi connectivity index (χ2v) is 7.03. The smallest absolute Gasteiger partial charge is 0.325 e. The molecule has 0 saturated carbocycles. The van der Waals surface area contributed by atoms with Gasteiger partial charge in [-0.1, -0.05) is 5.16 Å². The Kier molecular flexibility index (Phi) is 4.78. The van der Waals surface area contributed by atoms with Crippen LogP contribution < -0.4 is 10.6 Å². The molecule has 152 valence electrons. The number of urea groups is 1. The molecule has 0 radical (unpaired) electrons. The summed E-state index contributed by atoms with van der Waals surface area (Å²) in [6.07, 6.45) is 1.46. The second-order valence-electron chi connectivity index (χ2n) is 7.03. The molecule has 0 spiro atoms. The van der Waals surface area contributed by atoms with Crippen molar-refractivity contribution in [3.8, 4) is 17.0 Å². The van der Waals surface area contributed by atoms with E-state index in [1.807, 2.05) is 38.1 Å². The first-order valence-corrected chi connectivity index (χ1v) is 9.27. The van der Waals surface area contributed by atoms with Crippen LogP contribution in [0.15, 0.2) is 35.0 Å². The van der Waals surface area contributed by atoms with Crippen LogP contribution in [-0.2, 0) is 0 Å². The molecule has 9 heteroatoms. The van der Waals surface area contributed by atoms with E-state index in [2.05, 4.69) is 30.7 Å². The summed E-state index contributed by atoms with van der Waals surface area (Å²) < 4.78 is 5.04. The minimum absolute atomic E-state index is 0.259. The van der Waals surface area contributed by atoms with Crippen LogP contribution in [0, 0.1) is 27.7 Å². The van der Waals surface area contributed by atoms with Crippen LogP contribution in [-0.4, -0.2) is 31.2 Å². The molecule has 3 aromatic heterocycles. The Labute approximate surface area is 172 Å². The molecule has 0 unspecified atom stereocenters.